The van der Waals surface area contributed by atoms with Gasteiger partial charge in [0.2, 0.25) is 5.91 Å². The van der Waals surface area contributed by atoms with Gasteiger partial charge in [0, 0.05) is 13.1 Å². The highest BCUT2D eigenvalue weighted by atomic mass is 19.1. The molecule has 1 heterocycles. The fraction of sp³-hybridized carbons (Fsp3) is 0.278. The molecule has 5 heteroatoms. The summed E-state index contributed by atoms with van der Waals surface area (Å²) in [5.74, 6) is -0.473. The molecule has 1 aliphatic heterocycles. The second-order valence-electron chi connectivity index (χ2n) is 5.86. The van der Waals surface area contributed by atoms with Crippen LogP contribution in [0.15, 0.2) is 48.5 Å². The minimum atomic E-state index is -0.274. The predicted octanol–water partition coefficient (Wildman–Crippen LogP) is 2.22. The Kier molecular flexibility index (Phi) is 4.69. The van der Waals surface area contributed by atoms with Crippen molar-refractivity contribution in [3.8, 4) is 0 Å². The molecule has 0 radical (unpaired) electrons. The summed E-state index contributed by atoms with van der Waals surface area (Å²) in [6.45, 7) is 3.01. The fourth-order valence-corrected chi connectivity index (χ4v) is 2.75. The van der Waals surface area contributed by atoms with E-state index in [1.54, 1.807) is 12.1 Å². The summed E-state index contributed by atoms with van der Waals surface area (Å²) in [5, 5.41) is 2.93. The Balaban J connectivity index is 1.63. The molecule has 0 aliphatic carbocycles. The largest absolute Gasteiger partial charge is 0.352 e. The molecular formula is C18H20FN3O. The normalized spacial score (nSPS) is 20.4. The maximum atomic E-state index is 12.9. The molecule has 0 spiro atoms. The van der Waals surface area contributed by atoms with Crippen LogP contribution in [0.4, 0.5) is 4.39 Å². The van der Waals surface area contributed by atoms with E-state index in [1.165, 1.54) is 17.7 Å². The molecule has 2 aromatic carbocycles. The van der Waals surface area contributed by atoms with E-state index in [0.29, 0.717) is 13.1 Å². The number of hydrazine groups is 1. The Bertz CT molecular complexity index is 670. The lowest BCUT2D eigenvalue weighted by molar-refractivity contribution is -0.125. The summed E-state index contributed by atoms with van der Waals surface area (Å²) in [7, 11) is 0. The maximum Gasteiger partial charge on any atom is 0.226 e. The van der Waals surface area contributed by atoms with Crippen LogP contribution in [0.5, 0.6) is 0 Å². The first-order chi connectivity index (χ1) is 11.1. The van der Waals surface area contributed by atoms with Crippen molar-refractivity contribution >= 4 is 5.91 Å². The molecule has 23 heavy (non-hydrogen) atoms. The third-order valence-electron chi connectivity index (χ3n) is 4.14. The van der Waals surface area contributed by atoms with Crippen LogP contribution in [0, 0.1) is 18.7 Å². The molecule has 1 amide bonds. The standard InChI is InChI=1S/C18H20FN3O/c1-12-2-6-14(7-3-12)17-16(11-21-22-17)18(23)20-10-13-4-8-15(19)9-5-13/h2-9,16-17,21-22H,10-11H2,1H3,(H,20,23). The SMILES string of the molecule is Cc1ccc(C2NNCC2C(=O)NCc2ccc(F)cc2)cc1. The number of carbonyl (C=O) groups is 1. The second kappa shape index (κ2) is 6.89. The zero-order valence-electron chi connectivity index (χ0n) is 13.0. The van der Waals surface area contributed by atoms with Gasteiger partial charge < -0.3 is 5.32 Å². The lowest BCUT2D eigenvalue weighted by Crippen LogP contribution is -2.34. The van der Waals surface area contributed by atoms with Crippen molar-refractivity contribution in [3.05, 3.63) is 71.0 Å². The fourth-order valence-electron chi connectivity index (χ4n) is 2.75. The molecular weight excluding hydrogens is 293 g/mol. The van der Waals surface area contributed by atoms with E-state index in [2.05, 4.69) is 16.2 Å². The van der Waals surface area contributed by atoms with E-state index < -0.39 is 0 Å². The van der Waals surface area contributed by atoms with Gasteiger partial charge in [-0.15, -0.1) is 0 Å². The molecule has 0 bridgehead atoms. The lowest BCUT2D eigenvalue weighted by Gasteiger charge is -2.18. The van der Waals surface area contributed by atoms with Crippen LogP contribution in [-0.2, 0) is 11.3 Å². The number of nitrogens with one attached hydrogen (secondary N) is 3. The highest BCUT2D eigenvalue weighted by Crippen LogP contribution is 2.25. The molecule has 2 aromatic rings. The summed E-state index contributed by atoms with van der Waals surface area (Å²) in [5.41, 5.74) is 9.39. The average molecular weight is 313 g/mol. The number of rotatable bonds is 4. The number of carbonyl (C=O) groups excluding carboxylic acids is 1. The second-order valence-corrected chi connectivity index (χ2v) is 5.86. The van der Waals surface area contributed by atoms with Crippen LogP contribution < -0.4 is 16.2 Å². The predicted molar refractivity (Wildman–Crippen MR) is 86.8 cm³/mol. The third kappa shape index (κ3) is 3.75. The van der Waals surface area contributed by atoms with Crippen LogP contribution >= 0.6 is 0 Å². The number of halogens is 1. The molecule has 3 rings (SSSR count). The van der Waals surface area contributed by atoms with E-state index in [4.69, 9.17) is 0 Å². The number of aryl methyl sites for hydroxylation is 1. The average Bonchev–Trinajstić information content (AvgIpc) is 3.04. The van der Waals surface area contributed by atoms with Crippen LogP contribution in [0.2, 0.25) is 0 Å². The van der Waals surface area contributed by atoms with Gasteiger partial charge in [0.25, 0.3) is 0 Å². The summed E-state index contributed by atoms with van der Waals surface area (Å²) in [6, 6.07) is 14.3. The maximum absolute atomic E-state index is 12.9. The molecule has 1 fully saturated rings. The molecule has 4 nitrogen and oxygen atoms in total. The van der Waals surface area contributed by atoms with Crippen molar-refractivity contribution < 1.29 is 9.18 Å². The molecule has 1 saturated heterocycles. The van der Waals surface area contributed by atoms with Crippen LogP contribution in [0.1, 0.15) is 22.7 Å². The minimum Gasteiger partial charge on any atom is -0.352 e. The van der Waals surface area contributed by atoms with Crippen molar-refractivity contribution in [2.24, 2.45) is 5.92 Å². The topological polar surface area (TPSA) is 53.2 Å². The van der Waals surface area contributed by atoms with E-state index in [1.807, 2.05) is 31.2 Å². The molecule has 120 valence electrons. The Labute approximate surface area is 135 Å². The number of hydrogen-bond acceptors (Lipinski definition) is 3. The minimum absolute atomic E-state index is 0.0163. The van der Waals surface area contributed by atoms with Gasteiger partial charge in [-0.05, 0) is 30.2 Å². The van der Waals surface area contributed by atoms with E-state index in [0.717, 1.165) is 11.1 Å². The van der Waals surface area contributed by atoms with Gasteiger partial charge in [-0.1, -0.05) is 42.0 Å². The molecule has 3 N–H and O–H groups in total. The number of hydrogen-bond donors (Lipinski definition) is 3. The number of amides is 1. The van der Waals surface area contributed by atoms with Gasteiger partial charge in [0.1, 0.15) is 5.82 Å². The summed E-state index contributed by atoms with van der Waals surface area (Å²) in [6.07, 6.45) is 0. The van der Waals surface area contributed by atoms with Crippen LogP contribution in [-0.4, -0.2) is 12.5 Å². The van der Waals surface area contributed by atoms with Gasteiger partial charge in [0.15, 0.2) is 0 Å². The van der Waals surface area contributed by atoms with Gasteiger partial charge in [-0.25, -0.2) is 9.82 Å². The van der Waals surface area contributed by atoms with E-state index in [-0.39, 0.29) is 23.7 Å². The molecule has 2 atom stereocenters. The van der Waals surface area contributed by atoms with Crippen molar-refractivity contribution in [2.75, 3.05) is 6.54 Å². The summed E-state index contributed by atoms with van der Waals surface area (Å²) >= 11 is 0. The molecule has 0 saturated carbocycles. The van der Waals surface area contributed by atoms with Crippen LogP contribution in [0.25, 0.3) is 0 Å². The Hall–Kier alpha value is -2.24. The van der Waals surface area contributed by atoms with E-state index in [9.17, 15) is 9.18 Å². The van der Waals surface area contributed by atoms with Crippen molar-refractivity contribution in [1.82, 2.24) is 16.2 Å². The quantitative estimate of drug-likeness (QED) is 0.811. The Morgan fingerprint density at radius 2 is 1.87 bits per heavy atom. The first kappa shape index (κ1) is 15.6. The number of benzene rings is 2. The zero-order valence-corrected chi connectivity index (χ0v) is 13.0. The summed E-state index contributed by atoms with van der Waals surface area (Å²) in [4.78, 5) is 12.5. The smallest absolute Gasteiger partial charge is 0.226 e. The van der Waals surface area contributed by atoms with Crippen molar-refractivity contribution in [2.45, 2.75) is 19.5 Å². The molecule has 1 aliphatic rings. The highest BCUT2D eigenvalue weighted by Gasteiger charge is 2.33. The third-order valence-corrected chi connectivity index (χ3v) is 4.14. The Morgan fingerprint density at radius 1 is 1.17 bits per heavy atom. The van der Waals surface area contributed by atoms with Gasteiger partial charge in [0.05, 0.1) is 12.0 Å². The zero-order chi connectivity index (χ0) is 16.2. The first-order valence-corrected chi connectivity index (χ1v) is 7.70. The van der Waals surface area contributed by atoms with Crippen LogP contribution in [0.3, 0.4) is 0 Å². The highest BCUT2D eigenvalue weighted by molar-refractivity contribution is 5.80. The summed E-state index contributed by atoms with van der Waals surface area (Å²) < 4.78 is 12.9. The lowest BCUT2D eigenvalue weighted by atomic mass is 9.93. The van der Waals surface area contributed by atoms with Gasteiger partial charge >= 0.3 is 0 Å². The monoisotopic (exact) mass is 313 g/mol. The molecule has 0 aromatic heterocycles. The van der Waals surface area contributed by atoms with E-state index >= 15 is 0 Å². The van der Waals surface area contributed by atoms with Crippen molar-refractivity contribution in [1.29, 1.82) is 0 Å². The molecule has 2 unspecified atom stereocenters. The van der Waals surface area contributed by atoms with Crippen molar-refractivity contribution in [3.63, 3.8) is 0 Å². The van der Waals surface area contributed by atoms with Gasteiger partial charge in [-0.2, -0.15) is 0 Å². The Morgan fingerprint density at radius 3 is 2.57 bits per heavy atom. The first-order valence-electron chi connectivity index (χ1n) is 7.70. The van der Waals surface area contributed by atoms with Gasteiger partial charge in [-0.3, -0.25) is 10.2 Å².